The lowest BCUT2D eigenvalue weighted by Crippen LogP contribution is -2.50. The van der Waals surface area contributed by atoms with Crippen molar-refractivity contribution in [2.75, 3.05) is 38.0 Å². The van der Waals surface area contributed by atoms with E-state index < -0.39 is 0 Å². The van der Waals surface area contributed by atoms with Gasteiger partial charge in [0, 0.05) is 38.3 Å². The maximum Gasteiger partial charge on any atom is 0.238 e. The molecular weight excluding hydrogens is 314 g/mol. The van der Waals surface area contributed by atoms with Gasteiger partial charge in [0.05, 0.1) is 6.54 Å². The molecule has 2 aliphatic rings. The van der Waals surface area contributed by atoms with Gasteiger partial charge in [0.2, 0.25) is 11.8 Å². The van der Waals surface area contributed by atoms with Crippen LogP contribution in [0.3, 0.4) is 0 Å². The van der Waals surface area contributed by atoms with Crippen LogP contribution in [-0.2, 0) is 9.59 Å². The molecule has 1 aliphatic carbocycles. The fourth-order valence-corrected chi connectivity index (χ4v) is 3.87. The number of hydrogen-bond acceptors (Lipinski definition) is 3. The molecule has 25 heavy (non-hydrogen) atoms. The van der Waals surface area contributed by atoms with Crippen molar-refractivity contribution in [3.05, 3.63) is 30.3 Å². The number of amides is 2. The Hall–Kier alpha value is -1.88. The summed E-state index contributed by atoms with van der Waals surface area (Å²) < 4.78 is 0. The first-order valence-electron chi connectivity index (χ1n) is 9.56. The minimum absolute atomic E-state index is 0.00668. The molecule has 0 unspecified atom stereocenters. The topological polar surface area (TPSA) is 52.7 Å². The zero-order valence-corrected chi connectivity index (χ0v) is 15.0. The van der Waals surface area contributed by atoms with Crippen molar-refractivity contribution in [2.45, 2.75) is 38.5 Å². The molecule has 0 aromatic heterocycles. The molecule has 5 heteroatoms. The molecule has 2 amide bonds. The van der Waals surface area contributed by atoms with Gasteiger partial charge >= 0.3 is 0 Å². The molecule has 0 radical (unpaired) electrons. The molecule has 0 spiro atoms. The zero-order chi connectivity index (χ0) is 17.5. The average Bonchev–Trinajstić information content (AvgIpc) is 3.14. The molecule has 1 aromatic carbocycles. The summed E-state index contributed by atoms with van der Waals surface area (Å²) in [7, 11) is 0. The molecular formula is C20H29N3O2. The van der Waals surface area contributed by atoms with Crippen LogP contribution in [0.15, 0.2) is 30.3 Å². The monoisotopic (exact) mass is 343 g/mol. The highest BCUT2D eigenvalue weighted by Crippen LogP contribution is 2.28. The van der Waals surface area contributed by atoms with E-state index in [0.717, 1.165) is 44.2 Å². The third-order valence-corrected chi connectivity index (χ3v) is 5.39. The summed E-state index contributed by atoms with van der Waals surface area (Å²) in [5.41, 5.74) is 0.827. The number of piperazine rings is 1. The lowest BCUT2D eigenvalue weighted by Gasteiger charge is -2.34. The SMILES string of the molecule is O=C(CN1CCN(C(=O)CCC2CCCC2)CC1)Nc1ccccc1. The molecule has 1 aromatic rings. The summed E-state index contributed by atoms with van der Waals surface area (Å²) in [4.78, 5) is 28.6. The minimum Gasteiger partial charge on any atom is -0.340 e. The van der Waals surface area contributed by atoms with E-state index in [9.17, 15) is 9.59 Å². The Kier molecular flexibility index (Phi) is 6.45. The van der Waals surface area contributed by atoms with E-state index in [2.05, 4.69) is 10.2 Å². The van der Waals surface area contributed by atoms with Gasteiger partial charge < -0.3 is 10.2 Å². The highest BCUT2D eigenvalue weighted by atomic mass is 16.2. The third kappa shape index (κ3) is 5.56. The standard InChI is InChI=1S/C20H29N3O2/c24-19(21-18-8-2-1-3-9-18)16-22-12-14-23(15-13-22)20(25)11-10-17-6-4-5-7-17/h1-3,8-9,17H,4-7,10-16H2,(H,21,24). The smallest absolute Gasteiger partial charge is 0.238 e. The number of nitrogens with one attached hydrogen (secondary N) is 1. The van der Waals surface area contributed by atoms with E-state index in [1.165, 1.54) is 25.7 Å². The maximum atomic E-state index is 12.4. The maximum absolute atomic E-state index is 12.4. The Morgan fingerprint density at radius 1 is 1.00 bits per heavy atom. The van der Waals surface area contributed by atoms with Gasteiger partial charge in [-0.05, 0) is 24.5 Å². The summed E-state index contributed by atoms with van der Waals surface area (Å²) >= 11 is 0. The lowest BCUT2D eigenvalue weighted by molar-refractivity contribution is -0.133. The van der Waals surface area contributed by atoms with Gasteiger partial charge in [0.15, 0.2) is 0 Å². The summed E-state index contributed by atoms with van der Waals surface area (Å²) in [6.07, 6.45) is 7.03. The number of carbonyl (C=O) groups is 2. The molecule has 136 valence electrons. The highest BCUT2D eigenvalue weighted by Gasteiger charge is 2.23. The third-order valence-electron chi connectivity index (χ3n) is 5.39. The van der Waals surface area contributed by atoms with Crippen molar-refractivity contribution < 1.29 is 9.59 Å². The number of para-hydroxylation sites is 1. The largest absolute Gasteiger partial charge is 0.340 e. The van der Waals surface area contributed by atoms with Crippen LogP contribution in [0.2, 0.25) is 0 Å². The van der Waals surface area contributed by atoms with Crippen molar-refractivity contribution >= 4 is 17.5 Å². The predicted octanol–water partition coefficient (Wildman–Crippen LogP) is 2.74. The predicted molar refractivity (Wildman–Crippen MR) is 99.3 cm³/mol. The molecule has 1 N–H and O–H groups in total. The Bertz CT molecular complexity index is 562. The van der Waals surface area contributed by atoms with Crippen LogP contribution in [0.5, 0.6) is 0 Å². The molecule has 2 fully saturated rings. The van der Waals surface area contributed by atoms with Crippen LogP contribution in [0.1, 0.15) is 38.5 Å². The first kappa shape index (κ1) is 17.9. The van der Waals surface area contributed by atoms with Crippen LogP contribution in [0, 0.1) is 5.92 Å². The van der Waals surface area contributed by atoms with Crippen LogP contribution in [0.25, 0.3) is 0 Å². The van der Waals surface area contributed by atoms with E-state index in [1.54, 1.807) is 0 Å². The molecule has 1 saturated carbocycles. The fourth-order valence-electron chi connectivity index (χ4n) is 3.87. The van der Waals surface area contributed by atoms with Gasteiger partial charge in [-0.2, -0.15) is 0 Å². The molecule has 1 aliphatic heterocycles. The number of rotatable bonds is 6. The first-order chi connectivity index (χ1) is 12.2. The van der Waals surface area contributed by atoms with Crippen LogP contribution in [-0.4, -0.2) is 54.3 Å². The Morgan fingerprint density at radius 2 is 1.68 bits per heavy atom. The second kappa shape index (κ2) is 8.99. The number of anilines is 1. The van der Waals surface area contributed by atoms with Crippen molar-refractivity contribution in [3.8, 4) is 0 Å². The van der Waals surface area contributed by atoms with Crippen molar-refractivity contribution in [1.29, 1.82) is 0 Å². The Morgan fingerprint density at radius 3 is 2.36 bits per heavy atom. The normalized spacial score (nSPS) is 19.1. The van der Waals surface area contributed by atoms with E-state index in [-0.39, 0.29) is 5.91 Å². The molecule has 0 bridgehead atoms. The highest BCUT2D eigenvalue weighted by molar-refractivity contribution is 5.92. The lowest BCUT2D eigenvalue weighted by atomic mass is 10.0. The van der Waals surface area contributed by atoms with Crippen LogP contribution >= 0.6 is 0 Å². The first-order valence-corrected chi connectivity index (χ1v) is 9.56. The number of benzene rings is 1. The molecule has 1 saturated heterocycles. The van der Waals surface area contributed by atoms with Crippen molar-refractivity contribution in [2.24, 2.45) is 5.92 Å². The minimum atomic E-state index is 0.00668. The Balaban J connectivity index is 1.35. The second-order valence-corrected chi connectivity index (χ2v) is 7.26. The Labute approximate surface area is 150 Å². The summed E-state index contributed by atoms with van der Waals surface area (Å²) in [6, 6.07) is 9.52. The van der Waals surface area contributed by atoms with Gasteiger partial charge in [-0.25, -0.2) is 0 Å². The fraction of sp³-hybridized carbons (Fsp3) is 0.600. The summed E-state index contributed by atoms with van der Waals surface area (Å²) in [5, 5.41) is 2.91. The van der Waals surface area contributed by atoms with E-state index in [0.29, 0.717) is 18.9 Å². The number of carbonyl (C=O) groups excluding carboxylic acids is 2. The van der Waals surface area contributed by atoms with Crippen LogP contribution < -0.4 is 5.32 Å². The van der Waals surface area contributed by atoms with E-state index in [4.69, 9.17) is 0 Å². The zero-order valence-electron chi connectivity index (χ0n) is 15.0. The number of nitrogens with zero attached hydrogens (tertiary/aromatic N) is 2. The second-order valence-electron chi connectivity index (χ2n) is 7.26. The molecule has 1 heterocycles. The van der Waals surface area contributed by atoms with Gasteiger partial charge in [0.25, 0.3) is 0 Å². The van der Waals surface area contributed by atoms with Crippen molar-refractivity contribution in [3.63, 3.8) is 0 Å². The van der Waals surface area contributed by atoms with E-state index >= 15 is 0 Å². The quantitative estimate of drug-likeness (QED) is 0.864. The van der Waals surface area contributed by atoms with Gasteiger partial charge in [-0.1, -0.05) is 43.9 Å². The molecule has 3 rings (SSSR count). The molecule has 0 atom stereocenters. The van der Waals surface area contributed by atoms with Crippen molar-refractivity contribution in [1.82, 2.24) is 9.80 Å². The number of hydrogen-bond donors (Lipinski definition) is 1. The van der Waals surface area contributed by atoms with E-state index in [1.807, 2.05) is 35.2 Å². The summed E-state index contributed by atoms with van der Waals surface area (Å²) in [5.74, 6) is 1.07. The summed E-state index contributed by atoms with van der Waals surface area (Å²) in [6.45, 7) is 3.41. The molecule has 5 nitrogen and oxygen atoms in total. The van der Waals surface area contributed by atoms with Gasteiger partial charge in [-0.15, -0.1) is 0 Å². The van der Waals surface area contributed by atoms with Gasteiger partial charge in [0.1, 0.15) is 0 Å². The van der Waals surface area contributed by atoms with Crippen LogP contribution in [0.4, 0.5) is 5.69 Å². The average molecular weight is 343 g/mol. The van der Waals surface area contributed by atoms with Gasteiger partial charge in [-0.3, -0.25) is 14.5 Å².